The Hall–Kier alpha value is -2.55. The summed E-state index contributed by atoms with van der Waals surface area (Å²) in [5.41, 5.74) is 2.60. The van der Waals surface area contributed by atoms with Crippen LogP contribution in [0.2, 0.25) is 0 Å². The highest BCUT2D eigenvalue weighted by molar-refractivity contribution is 5.85. The number of methoxy groups -OCH3 is 1. The topological polar surface area (TPSA) is 31.2 Å². The summed E-state index contributed by atoms with van der Waals surface area (Å²) in [4.78, 5) is 12.6. The molecule has 0 amide bonds. The molecule has 0 unspecified atom stereocenters. The molecule has 0 saturated heterocycles. The van der Waals surface area contributed by atoms with Gasteiger partial charge in [0, 0.05) is 18.0 Å². The molecule has 0 aliphatic carbocycles. The second-order valence-electron chi connectivity index (χ2n) is 4.65. The number of aryl methyl sites for hydroxylation is 1. The first-order valence-electron chi connectivity index (χ1n) is 6.45. The number of benzene rings is 2. The lowest BCUT2D eigenvalue weighted by Gasteiger charge is -2.16. The van der Waals surface area contributed by atoms with E-state index in [2.05, 4.69) is 0 Å². The van der Waals surface area contributed by atoms with E-state index in [4.69, 9.17) is 4.74 Å². The summed E-state index contributed by atoms with van der Waals surface area (Å²) >= 11 is 0. The van der Waals surface area contributed by atoms with Crippen LogP contribution in [0, 0.1) is 0 Å². The molecule has 3 rings (SSSR count). The van der Waals surface area contributed by atoms with Gasteiger partial charge in [-0.1, -0.05) is 42.5 Å². The molecule has 100 valence electrons. The molecule has 20 heavy (non-hydrogen) atoms. The van der Waals surface area contributed by atoms with Crippen LogP contribution in [0.1, 0.15) is 0 Å². The molecule has 3 heteroatoms. The highest BCUT2D eigenvalue weighted by Gasteiger charge is 2.16. The van der Waals surface area contributed by atoms with Crippen molar-refractivity contribution in [2.75, 3.05) is 7.11 Å². The fourth-order valence-electron chi connectivity index (χ4n) is 2.57. The molecule has 0 saturated carbocycles. The molecule has 1 heterocycles. The maximum atomic E-state index is 12.6. The van der Waals surface area contributed by atoms with E-state index in [-0.39, 0.29) is 5.43 Å². The molecule has 0 bridgehead atoms. The van der Waals surface area contributed by atoms with Crippen LogP contribution < -0.4 is 10.2 Å². The van der Waals surface area contributed by atoms with Crippen LogP contribution in [0.25, 0.3) is 22.2 Å². The van der Waals surface area contributed by atoms with Crippen LogP contribution in [-0.4, -0.2) is 11.7 Å². The molecule has 0 aliphatic heterocycles. The minimum Gasteiger partial charge on any atom is -0.491 e. The summed E-state index contributed by atoms with van der Waals surface area (Å²) < 4.78 is 7.39. The van der Waals surface area contributed by atoms with Crippen molar-refractivity contribution in [1.29, 1.82) is 0 Å². The zero-order chi connectivity index (χ0) is 14.1. The Bertz CT molecular complexity index is 820. The third-order valence-electron chi connectivity index (χ3n) is 3.52. The van der Waals surface area contributed by atoms with E-state index < -0.39 is 0 Å². The van der Waals surface area contributed by atoms with E-state index in [0.717, 1.165) is 16.8 Å². The van der Waals surface area contributed by atoms with Gasteiger partial charge in [0.1, 0.15) is 0 Å². The van der Waals surface area contributed by atoms with Crippen molar-refractivity contribution >= 4 is 10.9 Å². The third kappa shape index (κ3) is 1.79. The van der Waals surface area contributed by atoms with Crippen molar-refractivity contribution in [3.8, 4) is 17.0 Å². The number of aromatic nitrogens is 1. The first-order valence-corrected chi connectivity index (χ1v) is 6.45. The van der Waals surface area contributed by atoms with Crippen molar-refractivity contribution in [2.24, 2.45) is 7.05 Å². The summed E-state index contributed by atoms with van der Waals surface area (Å²) in [6, 6.07) is 17.4. The quantitative estimate of drug-likeness (QED) is 0.712. The van der Waals surface area contributed by atoms with Crippen molar-refractivity contribution in [2.45, 2.75) is 0 Å². The Kier molecular flexibility index (Phi) is 3.03. The van der Waals surface area contributed by atoms with Crippen LogP contribution in [-0.2, 0) is 7.05 Å². The van der Waals surface area contributed by atoms with Crippen molar-refractivity contribution in [1.82, 2.24) is 4.57 Å². The minimum absolute atomic E-state index is 0.0694. The van der Waals surface area contributed by atoms with Gasteiger partial charge in [-0.3, -0.25) is 4.79 Å². The maximum Gasteiger partial charge on any atom is 0.231 e. The van der Waals surface area contributed by atoms with Crippen molar-refractivity contribution in [3.63, 3.8) is 0 Å². The molecule has 1 aromatic heterocycles. The van der Waals surface area contributed by atoms with Crippen LogP contribution in [0.15, 0.2) is 59.4 Å². The van der Waals surface area contributed by atoms with Gasteiger partial charge in [-0.05, 0) is 12.1 Å². The summed E-state index contributed by atoms with van der Waals surface area (Å²) in [5.74, 6) is 0.386. The summed E-state index contributed by atoms with van der Waals surface area (Å²) in [6.07, 6.45) is 0. The van der Waals surface area contributed by atoms with Gasteiger partial charge in [0.15, 0.2) is 5.75 Å². The number of ether oxygens (including phenoxy) is 1. The molecule has 0 atom stereocenters. The van der Waals surface area contributed by atoms with Gasteiger partial charge in [0.2, 0.25) is 5.43 Å². The van der Waals surface area contributed by atoms with E-state index in [0.29, 0.717) is 11.1 Å². The molecule has 0 aliphatic rings. The second kappa shape index (κ2) is 4.85. The molecule has 3 nitrogen and oxygen atoms in total. The van der Waals surface area contributed by atoms with E-state index in [1.54, 1.807) is 0 Å². The smallest absolute Gasteiger partial charge is 0.231 e. The number of rotatable bonds is 2. The summed E-state index contributed by atoms with van der Waals surface area (Å²) in [6.45, 7) is 0. The molecular formula is C17H15NO2. The van der Waals surface area contributed by atoms with Gasteiger partial charge < -0.3 is 9.30 Å². The standard InChI is InChI=1S/C17H15NO2/c1-18-14-11-7-6-10-13(14)16(19)17(20-2)15(18)12-8-4-3-5-9-12/h3-11H,1-2H3. The minimum atomic E-state index is -0.0694. The van der Waals surface area contributed by atoms with Gasteiger partial charge in [-0.25, -0.2) is 0 Å². The highest BCUT2D eigenvalue weighted by atomic mass is 16.5. The monoisotopic (exact) mass is 265 g/mol. The fourth-order valence-corrected chi connectivity index (χ4v) is 2.57. The van der Waals surface area contributed by atoms with Crippen molar-refractivity contribution in [3.05, 3.63) is 64.8 Å². The molecule has 0 spiro atoms. The van der Waals surface area contributed by atoms with E-state index in [1.165, 1.54) is 7.11 Å². The number of para-hydroxylation sites is 1. The zero-order valence-electron chi connectivity index (χ0n) is 11.5. The van der Waals surface area contributed by atoms with Gasteiger partial charge in [0.05, 0.1) is 18.3 Å². The lowest BCUT2D eigenvalue weighted by Crippen LogP contribution is -2.13. The molecule has 2 aromatic carbocycles. The largest absolute Gasteiger partial charge is 0.491 e. The Labute approximate surface area is 117 Å². The Morgan fingerprint density at radius 1 is 0.950 bits per heavy atom. The van der Waals surface area contributed by atoms with Gasteiger partial charge in [-0.15, -0.1) is 0 Å². The van der Waals surface area contributed by atoms with Crippen LogP contribution in [0.3, 0.4) is 0 Å². The Balaban J connectivity index is 2.48. The van der Waals surface area contributed by atoms with Gasteiger partial charge >= 0.3 is 0 Å². The first kappa shape index (κ1) is 12.5. The maximum absolute atomic E-state index is 12.6. The lowest BCUT2D eigenvalue weighted by molar-refractivity contribution is 0.410. The van der Waals surface area contributed by atoms with Crippen LogP contribution >= 0.6 is 0 Å². The second-order valence-corrected chi connectivity index (χ2v) is 4.65. The number of fused-ring (bicyclic) bond motifs is 1. The first-order chi connectivity index (χ1) is 9.74. The summed E-state index contributed by atoms with van der Waals surface area (Å²) in [7, 11) is 3.49. The average molecular weight is 265 g/mol. The fraction of sp³-hybridized carbons (Fsp3) is 0.118. The number of nitrogens with zero attached hydrogens (tertiary/aromatic N) is 1. The van der Waals surface area contributed by atoms with Gasteiger partial charge in [-0.2, -0.15) is 0 Å². The molecule has 0 fully saturated rings. The third-order valence-corrected chi connectivity index (χ3v) is 3.52. The lowest BCUT2D eigenvalue weighted by atomic mass is 10.1. The number of pyridine rings is 1. The van der Waals surface area contributed by atoms with Gasteiger partial charge in [0.25, 0.3) is 0 Å². The molecule has 3 aromatic rings. The normalized spacial score (nSPS) is 10.7. The summed E-state index contributed by atoms with van der Waals surface area (Å²) in [5, 5.41) is 0.673. The molecular weight excluding hydrogens is 250 g/mol. The van der Waals surface area contributed by atoms with Crippen molar-refractivity contribution < 1.29 is 4.74 Å². The highest BCUT2D eigenvalue weighted by Crippen LogP contribution is 2.29. The molecule has 0 radical (unpaired) electrons. The predicted octanol–water partition coefficient (Wildman–Crippen LogP) is 3.21. The SMILES string of the molecule is COc1c(-c2ccccc2)n(C)c2ccccc2c1=O. The predicted molar refractivity (Wildman–Crippen MR) is 81.2 cm³/mol. The van der Waals surface area contributed by atoms with Crippen LogP contribution in [0.5, 0.6) is 5.75 Å². The number of hydrogen-bond acceptors (Lipinski definition) is 2. The molecule has 0 N–H and O–H groups in total. The average Bonchev–Trinajstić information content (AvgIpc) is 2.51. The zero-order valence-corrected chi connectivity index (χ0v) is 11.5. The Morgan fingerprint density at radius 2 is 1.60 bits per heavy atom. The number of hydrogen-bond donors (Lipinski definition) is 0. The van der Waals surface area contributed by atoms with E-state index in [9.17, 15) is 4.79 Å². The van der Waals surface area contributed by atoms with E-state index in [1.807, 2.05) is 66.2 Å². The van der Waals surface area contributed by atoms with E-state index >= 15 is 0 Å². The van der Waals surface area contributed by atoms with Crippen LogP contribution in [0.4, 0.5) is 0 Å². The Morgan fingerprint density at radius 3 is 2.30 bits per heavy atom.